The number of carbonyl (C=O) groups is 1. The molecule has 1 heteroatoms. The van der Waals surface area contributed by atoms with Gasteiger partial charge in [-0.3, -0.25) is 4.79 Å². The molecular formula is C9H10O. The van der Waals surface area contributed by atoms with E-state index in [0.717, 1.165) is 6.42 Å². The Morgan fingerprint density at radius 2 is 2.40 bits per heavy atom. The van der Waals surface area contributed by atoms with Crippen LogP contribution >= 0.6 is 0 Å². The van der Waals surface area contributed by atoms with Gasteiger partial charge in [-0.15, -0.1) is 6.58 Å². The summed E-state index contributed by atoms with van der Waals surface area (Å²) in [4.78, 5) is 11.0. The minimum atomic E-state index is 0.0440. The second-order valence-electron chi connectivity index (χ2n) is 2.28. The first kappa shape index (κ1) is 7.00. The van der Waals surface area contributed by atoms with Gasteiger partial charge in [-0.1, -0.05) is 24.3 Å². The van der Waals surface area contributed by atoms with Gasteiger partial charge in [0.1, 0.15) is 0 Å². The van der Waals surface area contributed by atoms with Crippen LogP contribution in [-0.2, 0) is 4.79 Å². The van der Waals surface area contributed by atoms with E-state index in [4.69, 9.17) is 0 Å². The van der Waals surface area contributed by atoms with Crippen molar-refractivity contribution in [3.8, 4) is 0 Å². The monoisotopic (exact) mass is 134 g/mol. The average Bonchev–Trinajstić information content (AvgIpc) is 1.94. The maximum atomic E-state index is 11.0. The number of ketones is 1. The number of rotatable bonds is 2. The molecule has 0 spiro atoms. The summed E-state index contributed by atoms with van der Waals surface area (Å²) in [5.41, 5.74) is 0. The van der Waals surface area contributed by atoms with Gasteiger partial charge in [0.05, 0.1) is 0 Å². The van der Waals surface area contributed by atoms with Crippen molar-refractivity contribution in [3.63, 3.8) is 0 Å². The molecule has 1 aliphatic rings. The predicted molar refractivity (Wildman–Crippen MR) is 41.6 cm³/mol. The lowest BCUT2D eigenvalue weighted by Gasteiger charge is -2.07. The summed E-state index contributed by atoms with van der Waals surface area (Å²) in [6.45, 7) is 3.58. The van der Waals surface area contributed by atoms with E-state index in [9.17, 15) is 4.79 Å². The van der Waals surface area contributed by atoms with Crippen LogP contribution in [-0.4, -0.2) is 5.78 Å². The highest BCUT2D eigenvalue weighted by Crippen LogP contribution is 2.11. The normalized spacial score (nSPS) is 23.2. The lowest BCUT2D eigenvalue weighted by atomic mass is 9.96. The van der Waals surface area contributed by atoms with Crippen LogP contribution < -0.4 is 0 Å². The average molecular weight is 134 g/mol. The van der Waals surface area contributed by atoms with Crippen LogP contribution in [0.3, 0.4) is 0 Å². The van der Waals surface area contributed by atoms with Gasteiger partial charge in [-0.05, 0) is 12.5 Å². The van der Waals surface area contributed by atoms with E-state index in [2.05, 4.69) is 6.58 Å². The minimum absolute atomic E-state index is 0.0440. The Morgan fingerprint density at radius 1 is 1.60 bits per heavy atom. The van der Waals surface area contributed by atoms with Gasteiger partial charge in [0.2, 0.25) is 0 Å². The summed E-state index contributed by atoms with van der Waals surface area (Å²) < 4.78 is 0. The smallest absolute Gasteiger partial charge is 0.162 e. The molecule has 0 fully saturated rings. The minimum Gasteiger partial charge on any atom is -0.294 e. The summed E-state index contributed by atoms with van der Waals surface area (Å²) in [5.74, 6) is 0.227. The van der Waals surface area contributed by atoms with Crippen molar-refractivity contribution in [1.82, 2.24) is 0 Å². The van der Waals surface area contributed by atoms with E-state index < -0.39 is 0 Å². The van der Waals surface area contributed by atoms with E-state index in [1.807, 2.05) is 12.2 Å². The van der Waals surface area contributed by atoms with Crippen LogP contribution in [0.25, 0.3) is 0 Å². The van der Waals surface area contributed by atoms with Crippen LogP contribution in [0.1, 0.15) is 6.42 Å². The van der Waals surface area contributed by atoms with Gasteiger partial charge in [0, 0.05) is 5.92 Å². The molecule has 52 valence electrons. The van der Waals surface area contributed by atoms with Crippen LogP contribution in [0.15, 0.2) is 37.0 Å². The third-order valence-electron chi connectivity index (χ3n) is 1.50. The zero-order valence-corrected chi connectivity index (χ0v) is 5.79. The number of hydrogen-bond donors (Lipinski definition) is 0. The fourth-order valence-corrected chi connectivity index (χ4v) is 0.941. The second kappa shape index (κ2) is 3.16. The van der Waals surface area contributed by atoms with Crippen molar-refractivity contribution < 1.29 is 4.79 Å². The van der Waals surface area contributed by atoms with Crippen molar-refractivity contribution >= 4 is 5.78 Å². The van der Waals surface area contributed by atoms with Gasteiger partial charge in [0.25, 0.3) is 0 Å². The van der Waals surface area contributed by atoms with Gasteiger partial charge in [0.15, 0.2) is 5.78 Å². The molecule has 0 bridgehead atoms. The lowest BCUT2D eigenvalue weighted by molar-refractivity contribution is -0.116. The summed E-state index contributed by atoms with van der Waals surface area (Å²) in [7, 11) is 0. The molecule has 0 saturated heterocycles. The molecule has 1 unspecified atom stereocenters. The number of hydrogen-bond acceptors (Lipinski definition) is 1. The number of allylic oxidation sites excluding steroid dienone is 5. The van der Waals surface area contributed by atoms with Crippen LogP contribution in [0.4, 0.5) is 0 Å². The highest BCUT2D eigenvalue weighted by Gasteiger charge is 2.11. The molecule has 0 aromatic heterocycles. The van der Waals surface area contributed by atoms with Gasteiger partial charge in [-0.25, -0.2) is 0 Å². The van der Waals surface area contributed by atoms with Crippen molar-refractivity contribution in [2.24, 2.45) is 5.92 Å². The quantitative estimate of drug-likeness (QED) is 0.527. The largest absolute Gasteiger partial charge is 0.294 e. The highest BCUT2D eigenvalue weighted by atomic mass is 16.1. The molecule has 0 N–H and O–H groups in total. The third-order valence-corrected chi connectivity index (χ3v) is 1.50. The summed E-state index contributed by atoms with van der Waals surface area (Å²) in [6, 6.07) is 0. The van der Waals surface area contributed by atoms with Crippen LogP contribution in [0.5, 0.6) is 0 Å². The van der Waals surface area contributed by atoms with Crippen LogP contribution in [0, 0.1) is 5.92 Å². The fourth-order valence-electron chi connectivity index (χ4n) is 0.941. The first-order valence-corrected chi connectivity index (χ1v) is 3.34. The highest BCUT2D eigenvalue weighted by molar-refractivity contribution is 5.94. The molecule has 0 saturated carbocycles. The van der Waals surface area contributed by atoms with E-state index in [0.29, 0.717) is 0 Å². The Balaban J connectivity index is 2.60. The Hall–Kier alpha value is -1.11. The standard InChI is InChI=1S/C9H10O/c1-2-5-8-6-3-4-7-9(8)10/h2-4,6-8H,1,5H2. The first-order valence-electron chi connectivity index (χ1n) is 3.34. The zero-order chi connectivity index (χ0) is 7.40. The van der Waals surface area contributed by atoms with E-state index in [1.165, 1.54) is 0 Å². The summed E-state index contributed by atoms with van der Waals surface area (Å²) in [5, 5.41) is 0. The Morgan fingerprint density at radius 3 is 3.00 bits per heavy atom. The molecular weight excluding hydrogens is 124 g/mol. The molecule has 0 heterocycles. The molecule has 1 rings (SSSR count). The van der Waals surface area contributed by atoms with E-state index in [-0.39, 0.29) is 11.7 Å². The molecule has 1 nitrogen and oxygen atoms in total. The topological polar surface area (TPSA) is 17.1 Å². The molecule has 0 aromatic rings. The van der Waals surface area contributed by atoms with Crippen molar-refractivity contribution in [1.29, 1.82) is 0 Å². The molecule has 0 radical (unpaired) electrons. The first-order chi connectivity index (χ1) is 4.84. The maximum absolute atomic E-state index is 11.0. The lowest BCUT2D eigenvalue weighted by Crippen LogP contribution is -2.09. The second-order valence-corrected chi connectivity index (χ2v) is 2.28. The molecule has 0 amide bonds. The van der Waals surface area contributed by atoms with Crippen molar-refractivity contribution in [3.05, 3.63) is 37.0 Å². The molecule has 10 heavy (non-hydrogen) atoms. The van der Waals surface area contributed by atoms with Crippen molar-refractivity contribution in [2.45, 2.75) is 6.42 Å². The number of carbonyl (C=O) groups excluding carboxylic acids is 1. The molecule has 0 aliphatic heterocycles. The Kier molecular flexibility index (Phi) is 2.21. The van der Waals surface area contributed by atoms with E-state index in [1.54, 1.807) is 18.2 Å². The van der Waals surface area contributed by atoms with Gasteiger partial charge in [-0.2, -0.15) is 0 Å². The summed E-state index contributed by atoms with van der Waals surface area (Å²) >= 11 is 0. The van der Waals surface area contributed by atoms with Crippen LogP contribution in [0.2, 0.25) is 0 Å². The molecule has 0 aromatic carbocycles. The SMILES string of the molecule is C=CCC1C=CC=CC1=O. The molecule has 1 atom stereocenters. The van der Waals surface area contributed by atoms with E-state index >= 15 is 0 Å². The Labute approximate surface area is 60.7 Å². The maximum Gasteiger partial charge on any atom is 0.162 e. The Bertz CT molecular complexity index is 199. The fraction of sp³-hybridized carbons (Fsp3) is 0.222. The predicted octanol–water partition coefficient (Wildman–Crippen LogP) is 1.87. The van der Waals surface area contributed by atoms with Gasteiger partial charge >= 0.3 is 0 Å². The summed E-state index contributed by atoms with van der Waals surface area (Å²) in [6.07, 6.45) is 9.70. The van der Waals surface area contributed by atoms with Crippen molar-refractivity contribution in [2.75, 3.05) is 0 Å². The zero-order valence-electron chi connectivity index (χ0n) is 5.79. The molecule has 1 aliphatic carbocycles. The third kappa shape index (κ3) is 1.44. The van der Waals surface area contributed by atoms with Gasteiger partial charge < -0.3 is 0 Å².